The van der Waals surface area contributed by atoms with Gasteiger partial charge in [0, 0.05) is 40.2 Å². The van der Waals surface area contributed by atoms with Crippen molar-refractivity contribution in [3.8, 4) is 0 Å². The van der Waals surface area contributed by atoms with Crippen molar-refractivity contribution in [2.75, 3.05) is 31.6 Å². The third-order valence-corrected chi connectivity index (χ3v) is 5.25. The number of nitrogens with one attached hydrogen (secondary N) is 1. The van der Waals surface area contributed by atoms with Gasteiger partial charge in [-0.2, -0.15) is 0 Å². The number of thiophene rings is 1. The number of anilines is 1. The van der Waals surface area contributed by atoms with Crippen molar-refractivity contribution in [2.45, 2.75) is 13.8 Å². The van der Waals surface area contributed by atoms with Gasteiger partial charge in [0.1, 0.15) is 0 Å². The van der Waals surface area contributed by atoms with Crippen molar-refractivity contribution in [3.63, 3.8) is 0 Å². The van der Waals surface area contributed by atoms with E-state index in [0.29, 0.717) is 37.6 Å². The van der Waals surface area contributed by atoms with Crippen LogP contribution >= 0.6 is 11.3 Å². The minimum absolute atomic E-state index is 0.0218. The highest BCUT2D eigenvalue weighted by Crippen LogP contribution is 2.21. The number of aryl methyl sites for hydroxylation is 1. The Labute approximate surface area is 157 Å². The normalized spacial score (nSPS) is 14.6. The van der Waals surface area contributed by atoms with E-state index in [0.717, 1.165) is 10.4 Å². The molecule has 1 aromatic carbocycles. The number of benzene rings is 1. The summed E-state index contributed by atoms with van der Waals surface area (Å²) >= 11 is 1.63. The largest absolute Gasteiger partial charge is 0.378 e. The molecule has 1 aromatic heterocycles. The molecule has 1 aliphatic heterocycles. The van der Waals surface area contributed by atoms with Gasteiger partial charge in [0.15, 0.2) is 0 Å². The molecule has 0 aliphatic carbocycles. The van der Waals surface area contributed by atoms with Crippen LogP contribution in [0, 0.1) is 13.8 Å². The maximum Gasteiger partial charge on any atom is 0.254 e. The van der Waals surface area contributed by atoms with Gasteiger partial charge in [0.05, 0.1) is 13.2 Å². The maximum absolute atomic E-state index is 12.7. The fraction of sp³-hybridized carbons (Fsp3) is 0.300. The Hall–Kier alpha value is -2.44. The summed E-state index contributed by atoms with van der Waals surface area (Å²) in [4.78, 5) is 29.0. The Bertz CT molecular complexity index is 835. The summed E-state index contributed by atoms with van der Waals surface area (Å²) in [6.45, 7) is 6.20. The molecule has 26 heavy (non-hydrogen) atoms. The summed E-state index contributed by atoms with van der Waals surface area (Å²) in [6, 6.07) is 9.41. The van der Waals surface area contributed by atoms with Crippen LogP contribution in [-0.4, -0.2) is 43.0 Å². The van der Waals surface area contributed by atoms with Gasteiger partial charge in [-0.15, -0.1) is 11.3 Å². The van der Waals surface area contributed by atoms with Gasteiger partial charge < -0.3 is 15.0 Å². The predicted octanol–water partition coefficient (Wildman–Crippen LogP) is 3.49. The molecule has 0 saturated carbocycles. The molecule has 5 nitrogen and oxygen atoms in total. The Morgan fingerprint density at radius 3 is 2.62 bits per heavy atom. The molecular weight excluding hydrogens is 348 g/mol. The van der Waals surface area contributed by atoms with Crippen LogP contribution in [0.4, 0.5) is 5.69 Å². The Morgan fingerprint density at radius 2 is 1.92 bits per heavy atom. The molecule has 0 spiro atoms. The van der Waals surface area contributed by atoms with Gasteiger partial charge in [-0.1, -0.05) is 6.07 Å². The van der Waals surface area contributed by atoms with Crippen LogP contribution in [0.1, 0.15) is 25.7 Å². The number of ether oxygens (including phenoxy) is 1. The molecule has 0 bridgehead atoms. The molecule has 1 saturated heterocycles. The fourth-order valence-electron chi connectivity index (χ4n) is 2.81. The second-order valence-electron chi connectivity index (χ2n) is 6.15. The maximum atomic E-state index is 12.7. The van der Waals surface area contributed by atoms with Gasteiger partial charge in [-0.3, -0.25) is 9.59 Å². The first-order chi connectivity index (χ1) is 12.5. The van der Waals surface area contributed by atoms with Crippen LogP contribution < -0.4 is 5.32 Å². The number of carbonyl (C=O) groups is 2. The minimum atomic E-state index is -0.213. The average Bonchev–Trinajstić information content (AvgIpc) is 3.07. The van der Waals surface area contributed by atoms with Gasteiger partial charge in [0.2, 0.25) is 5.91 Å². The third kappa shape index (κ3) is 4.39. The molecule has 0 radical (unpaired) electrons. The minimum Gasteiger partial charge on any atom is -0.378 e. The highest BCUT2D eigenvalue weighted by atomic mass is 32.1. The summed E-state index contributed by atoms with van der Waals surface area (Å²) in [7, 11) is 0. The van der Waals surface area contributed by atoms with Crippen molar-refractivity contribution in [1.29, 1.82) is 0 Å². The van der Waals surface area contributed by atoms with E-state index in [1.165, 1.54) is 11.0 Å². The highest BCUT2D eigenvalue weighted by molar-refractivity contribution is 7.12. The summed E-state index contributed by atoms with van der Waals surface area (Å²) in [6.07, 6.45) is 3.31. The SMILES string of the molecule is Cc1ccc(/C=C/C(=O)Nc2cccc(C(=O)N3CCOCC3)c2C)s1. The smallest absolute Gasteiger partial charge is 0.254 e. The Kier molecular flexibility index (Phi) is 5.85. The fourth-order valence-corrected chi connectivity index (χ4v) is 3.59. The standard InChI is InChI=1S/C20H22N2O3S/c1-14-6-7-16(26-14)8-9-19(23)21-18-5-3-4-17(15(18)2)20(24)22-10-12-25-13-11-22/h3-9H,10-13H2,1-2H3,(H,21,23)/b9-8+. The molecule has 3 rings (SSSR count). The topological polar surface area (TPSA) is 58.6 Å². The van der Waals surface area contributed by atoms with Crippen LogP contribution in [0.2, 0.25) is 0 Å². The van der Waals surface area contributed by atoms with E-state index < -0.39 is 0 Å². The number of hydrogen-bond donors (Lipinski definition) is 1. The molecule has 1 N–H and O–H groups in total. The van der Waals surface area contributed by atoms with Crippen LogP contribution in [0.3, 0.4) is 0 Å². The summed E-state index contributed by atoms with van der Waals surface area (Å²) in [5.41, 5.74) is 2.04. The van der Waals surface area contributed by atoms with Crippen molar-refractivity contribution < 1.29 is 14.3 Å². The first-order valence-electron chi connectivity index (χ1n) is 8.57. The molecule has 136 valence electrons. The van der Waals surface area contributed by atoms with E-state index in [9.17, 15) is 9.59 Å². The first-order valence-corrected chi connectivity index (χ1v) is 9.38. The number of amides is 2. The van der Waals surface area contributed by atoms with Gasteiger partial charge in [-0.05, 0) is 49.8 Å². The molecular formula is C20H22N2O3S. The van der Waals surface area contributed by atoms with Crippen molar-refractivity contribution in [1.82, 2.24) is 4.90 Å². The lowest BCUT2D eigenvalue weighted by molar-refractivity contribution is -0.111. The van der Waals surface area contributed by atoms with E-state index >= 15 is 0 Å². The first kappa shape index (κ1) is 18.4. The molecule has 1 aliphatic rings. The van der Waals surface area contributed by atoms with Gasteiger partial charge >= 0.3 is 0 Å². The molecule has 6 heteroatoms. The van der Waals surface area contributed by atoms with Crippen LogP contribution in [0.5, 0.6) is 0 Å². The zero-order valence-electron chi connectivity index (χ0n) is 15.0. The molecule has 2 amide bonds. The molecule has 2 heterocycles. The second kappa shape index (κ2) is 8.29. The van der Waals surface area contributed by atoms with Crippen molar-refractivity contribution >= 4 is 34.9 Å². The average molecular weight is 370 g/mol. The van der Waals surface area contributed by atoms with Crippen molar-refractivity contribution in [3.05, 3.63) is 57.3 Å². The van der Waals surface area contributed by atoms with Gasteiger partial charge in [0.25, 0.3) is 5.91 Å². The number of morpholine rings is 1. The number of rotatable bonds is 4. The lowest BCUT2D eigenvalue weighted by Crippen LogP contribution is -2.41. The van der Waals surface area contributed by atoms with Gasteiger partial charge in [-0.25, -0.2) is 0 Å². The number of hydrogen-bond acceptors (Lipinski definition) is 4. The van der Waals surface area contributed by atoms with Crippen LogP contribution in [0.25, 0.3) is 6.08 Å². The predicted molar refractivity (Wildman–Crippen MR) is 105 cm³/mol. The van der Waals surface area contributed by atoms with E-state index in [1.807, 2.05) is 32.0 Å². The van der Waals surface area contributed by atoms with Crippen LogP contribution in [0.15, 0.2) is 36.4 Å². The molecule has 0 unspecified atom stereocenters. The summed E-state index contributed by atoms with van der Waals surface area (Å²) < 4.78 is 5.30. The molecule has 2 aromatic rings. The Morgan fingerprint density at radius 1 is 1.15 bits per heavy atom. The second-order valence-corrected chi connectivity index (χ2v) is 7.47. The molecule has 0 atom stereocenters. The third-order valence-electron chi connectivity index (χ3n) is 4.28. The molecule has 1 fully saturated rings. The van der Waals surface area contributed by atoms with E-state index in [-0.39, 0.29) is 11.8 Å². The zero-order chi connectivity index (χ0) is 18.5. The monoisotopic (exact) mass is 370 g/mol. The summed E-state index contributed by atoms with van der Waals surface area (Å²) in [5, 5.41) is 2.87. The van der Waals surface area contributed by atoms with E-state index in [4.69, 9.17) is 4.74 Å². The highest BCUT2D eigenvalue weighted by Gasteiger charge is 2.21. The van der Waals surface area contributed by atoms with E-state index in [2.05, 4.69) is 5.32 Å². The lowest BCUT2D eigenvalue weighted by atomic mass is 10.0. The number of nitrogens with zero attached hydrogens (tertiary/aromatic N) is 1. The Balaban J connectivity index is 1.71. The van der Waals surface area contributed by atoms with Crippen molar-refractivity contribution in [2.24, 2.45) is 0 Å². The van der Waals surface area contributed by atoms with Crippen LogP contribution in [-0.2, 0) is 9.53 Å². The van der Waals surface area contributed by atoms with E-state index in [1.54, 1.807) is 34.4 Å². The zero-order valence-corrected chi connectivity index (χ0v) is 15.8. The number of carbonyl (C=O) groups excluding carboxylic acids is 2. The summed E-state index contributed by atoms with van der Waals surface area (Å²) in [5.74, 6) is -0.235. The lowest BCUT2D eigenvalue weighted by Gasteiger charge is -2.27. The quantitative estimate of drug-likeness (QED) is 0.838.